The molecule has 2 fully saturated rings. The van der Waals surface area contributed by atoms with Crippen LogP contribution in [0, 0.1) is 0 Å². The van der Waals surface area contributed by atoms with Gasteiger partial charge in [-0.05, 0) is 66.6 Å². The Labute approximate surface area is 259 Å². The summed E-state index contributed by atoms with van der Waals surface area (Å²) in [6, 6.07) is 20.0. The van der Waals surface area contributed by atoms with Crippen LogP contribution < -0.4 is 10.6 Å². The predicted octanol–water partition coefficient (Wildman–Crippen LogP) is 5.65. The number of alkyl halides is 2. The van der Waals surface area contributed by atoms with Crippen LogP contribution in [0.5, 0.6) is 0 Å². The molecule has 3 atom stereocenters. The second-order valence-corrected chi connectivity index (χ2v) is 13.0. The molecule has 45 heavy (non-hydrogen) atoms. The summed E-state index contributed by atoms with van der Waals surface area (Å²) in [5.74, 6) is -1.28. The second-order valence-electron chi connectivity index (χ2n) is 11.3. The quantitative estimate of drug-likeness (QED) is 0.186. The maximum Gasteiger partial charge on any atom is 0.399 e. The summed E-state index contributed by atoms with van der Waals surface area (Å²) >= 11 is 0. The Morgan fingerprint density at radius 1 is 0.889 bits per heavy atom. The van der Waals surface area contributed by atoms with Crippen LogP contribution in [0.25, 0.3) is 17.2 Å². The van der Waals surface area contributed by atoms with Crippen LogP contribution in [0.4, 0.5) is 14.5 Å². The normalized spacial score (nSPS) is 20.8. The molecular weight excluding hydrogens is 603 g/mol. The maximum atomic E-state index is 14.1. The molecule has 2 saturated heterocycles. The molecule has 0 bridgehead atoms. The van der Waals surface area contributed by atoms with Gasteiger partial charge in [-0.2, -0.15) is 8.78 Å². The summed E-state index contributed by atoms with van der Waals surface area (Å²) in [5.41, 5.74) is -2.48. The van der Waals surface area contributed by atoms with Crippen molar-refractivity contribution >= 4 is 37.1 Å². The van der Waals surface area contributed by atoms with Crippen LogP contribution in [0.1, 0.15) is 49.7 Å². The van der Waals surface area contributed by atoms with Gasteiger partial charge in [0.05, 0.1) is 0 Å². The summed E-state index contributed by atoms with van der Waals surface area (Å²) in [4.78, 5) is 59.6. The molecule has 4 N–H and O–H groups in total. The Morgan fingerprint density at radius 2 is 1.58 bits per heavy atom. The van der Waals surface area contributed by atoms with E-state index in [1.54, 1.807) is 4.90 Å². The number of benzene rings is 3. The van der Waals surface area contributed by atoms with Gasteiger partial charge in [-0.25, -0.2) is 0 Å². The number of carbonyl (C=O) groups is 3. The van der Waals surface area contributed by atoms with Crippen molar-refractivity contribution in [1.29, 1.82) is 0 Å². The molecular formula is C33H34F2N3O6P. The number of anilines is 1. The first-order valence-corrected chi connectivity index (χ1v) is 16.4. The van der Waals surface area contributed by atoms with Gasteiger partial charge in [-0.15, -0.1) is 0 Å². The molecule has 3 amide bonds. The SMILES string of the molecule is O=C(/C=C/c1cccc(C(F)(F)P(=O)(O)O)c1)N[C@H]1CCCC[C@H]2CC[C@@H](C(=O)Nc3ccc(-c4ccccc4)cc3)N2C1=O. The zero-order valence-corrected chi connectivity index (χ0v) is 25.2. The van der Waals surface area contributed by atoms with Crippen LogP contribution >= 0.6 is 7.60 Å². The number of hydrogen-bond donors (Lipinski definition) is 4. The third-order valence-corrected chi connectivity index (χ3v) is 9.23. The lowest BCUT2D eigenvalue weighted by Gasteiger charge is -2.35. The number of nitrogens with zero attached hydrogens (tertiary/aromatic N) is 1. The minimum absolute atomic E-state index is 0.118. The molecule has 0 spiro atoms. The molecule has 12 heteroatoms. The maximum absolute atomic E-state index is 14.1. The average molecular weight is 638 g/mol. The van der Waals surface area contributed by atoms with Gasteiger partial charge < -0.3 is 25.3 Å². The molecule has 3 aromatic rings. The van der Waals surface area contributed by atoms with Crippen LogP contribution in [0.3, 0.4) is 0 Å². The Balaban J connectivity index is 1.25. The first kappa shape index (κ1) is 32.2. The highest BCUT2D eigenvalue weighted by Gasteiger charge is 2.50. The van der Waals surface area contributed by atoms with Gasteiger partial charge in [0.1, 0.15) is 12.1 Å². The van der Waals surface area contributed by atoms with Crippen molar-refractivity contribution < 1.29 is 37.5 Å². The van der Waals surface area contributed by atoms with E-state index in [9.17, 15) is 27.7 Å². The van der Waals surface area contributed by atoms with Crippen molar-refractivity contribution in [1.82, 2.24) is 10.2 Å². The van der Waals surface area contributed by atoms with Gasteiger partial charge in [0.15, 0.2) is 0 Å². The van der Waals surface area contributed by atoms with Crippen LogP contribution in [0.15, 0.2) is 84.9 Å². The van der Waals surface area contributed by atoms with E-state index in [2.05, 4.69) is 10.6 Å². The predicted molar refractivity (Wildman–Crippen MR) is 166 cm³/mol. The van der Waals surface area contributed by atoms with Crippen molar-refractivity contribution in [3.8, 4) is 11.1 Å². The zero-order valence-electron chi connectivity index (χ0n) is 24.3. The van der Waals surface area contributed by atoms with Gasteiger partial charge in [-0.1, -0.05) is 73.5 Å². The first-order valence-electron chi connectivity index (χ1n) is 14.7. The summed E-state index contributed by atoms with van der Waals surface area (Å²) in [6.07, 6.45) is 6.14. The molecule has 9 nitrogen and oxygen atoms in total. The molecule has 3 aromatic carbocycles. The Bertz CT molecular complexity index is 1630. The summed E-state index contributed by atoms with van der Waals surface area (Å²) in [7, 11) is -5.75. The van der Waals surface area contributed by atoms with Crippen LogP contribution in [-0.2, 0) is 24.6 Å². The highest BCUT2D eigenvalue weighted by molar-refractivity contribution is 7.52. The van der Waals surface area contributed by atoms with Crippen molar-refractivity contribution in [3.05, 3.63) is 96.1 Å². The first-order chi connectivity index (χ1) is 21.4. The minimum atomic E-state index is -5.75. The average Bonchev–Trinajstić information content (AvgIpc) is 3.44. The summed E-state index contributed by atoms with van der Waals surface area (Å²) < 4.78 is 39.5. The highest BCUT2D eigenvalue weighted by atomic mass is 31.2. The second kappa shape index (κ2) is 13.4. The number of amides is 3. The summed E-state index contributed by atoms with van der Waals surface area (Å²) in [5, 5.41) is 5.64. The number of rotatable bonds is 8. The van der Waals surface area contributed by atoms with E-state index in [-0.39, 0.29) is 23.4 Å². The minimum Gasteiger partial charge on any atom is -0.341 e. The fraction of sp³-hybridized carbons (Fsp3) is 0.303. The van der Waals surface area contributed by atoms with E-state index < -0.39 is 36.8 Å². The third kappa shape index (κ3) is 7.39. The fourth-order valence-corrected chi connectivity index (χ4v) is 6.39. The number of fused-ring (bicyclic) bond motifs is 1. The number of carbonyl (C=O) groups excluding carboxylic acids is 3. The topological polar surface area (TPSA) is 136 Å². The standard InChI is InChI=1S/C33H34F2N3O6P/c34-33(35,45(42,43)44)25-10-6-7-22(21-25)13-20-30(39)37-28-12-5-4-11-27-18-19-29(38(27)32(28)41)31(40)36-26-16-14-24(15-17-26)23-8-2-1-3-9-23/h1-3,6-10,13-17,20-21,27-29H,4-5,11-12,18-19H2,(H,36,40)(H,37,39)(H2,42,43,44)/b20-13+/t27-,28-,29-/m0/s1. The van der Waals surface area contributed by atoms with Crippen LogP contribution in [-0.4, -0.2) is 50.5 Å². The molecule has 2 aliphatic heterocycles. The lowest BCUT2D eigenvalue weighted by Crippen LogP contribution is -2.55. The monoisotopic (exact) mass is 637 g/mol. The highest BCUT2D eigenvalue weighted by Crippen LogP contribution is 2.59. The molecule has 5 rings (SSSR count). The van der Waals surface area contributed by atoms with Crippen molar-refractivity contribution in [2.45, 2.75) is 62.3 Å². The Morgan fingerprint density at radius 3 is 2.29 bits per heavy atom. The van der Waals surface area contributed by atoms with Crippen molar-refractivity contribution in [2.24, 2.45) is 0 Å². The van der Waals surface area contributed by atoms with E-state index in [1.165, 1.54) is 18.2 Å². The number of halogens is 2. The largest absolute Gasteiger partial charge is 0.399 e. The summed E-state index contributed by atoms with van der Waals surface area (Å²) in [6.45, 7) is 0. The fourth-order valence-electron chi connectivity index (χ4n) is 5.91. The Kier molecular flexibility index (Phi) is 9.62. The molecule has 236 valence electrons. The van der Waals surface area contributed by atoms with E-state index in [1.807, 2.05) is 54.6 Å². The van der Waals surface area contributed by atoms with Gasteiger partial charge in [-0.3, -0.25) is 18.9 Å². The van der Waals surface area contributed by atoms with Crippen molar-refractivity contribution in [2.75, 3.05) is 5.32 Å². The van der Waals surface area contributed by atoms with Gasteiger partial charge in [0.25, 0.3) is 0 Å². The molecule has 2 heterocycles. The zero-order chi connectivity index (χ0) is 32.2. The Hall–Kier alpha value is -4.18. The molecule has 0 aromatic heterocycles. The molecule has 2 aliphatic rings. The van der Waals surface area contributed by atoms with Gasteiger partial charge >= 0.3 is 13.3 Å². The van der Waals surface area contributed by atoms with Crippen LogP contribution in [0.2, 0.25) is 0 Å². The van der Waals surface area contributed by atoms with Crippen molar-refractivity contribution in [3.63, 3.8) is 0 Å². The smallest absolute Gasteiger partial charge is 0.341 e. The lowest BCUT2D eigenvalue weighted by atomic mass is 9.99. The van der Waals surface area contributed by atoms with Gasteiger partial charge in [0, 0.05) is 23.4 Å². The third-order valence-electron chi connectivity index (χ3n) is 8.24. The molecule has 0 unspecified atom stereocenters. The van der Waals surface area contributed by atoms with Gasteiger partial charge in [0.2, 0.25) is 17.7 Å². The lowest BCUT2D eigenvalue weighted by molar-refractivity contribution is -0.142. The van der Waals surface area contributed by atoms with E-state index in [4.69, 9.17) is 9.79 Å². The number of nitrogens with one attached hydrogen (secondary N) is 2. The van der Waals surface area contributed by atoms with E-state index >= 15 is 0 Å². The molecule has 0 aliphatic carbocycles. The van der Waals surface area contributed by atoms with E-state index in [0.717, 1.165) is 42.2 Å². The molecule has 0 radical (unpaired) electrons. The number of hydrogen-bond acceptors (Lipinski definition) is 4. The van der Waals surface area contributed by atoms with E-state index in [0.29, 0.717) is 31.4 Å². The molecule has 0 saturated carbocycles.